The average Bonchev–Trinajstić information content (AvgIpc) is 3.01. The molecule has 1 saturated heterocycles. The Bertz CT molecular complexity index is 1150. The van der Waals surface area contributed by atoms with Crippen LogP contribution in [0.1, 0.15) is 11.1 Å². The van der Waals surface area contributed by atoms with Gasteiger partial charge in [-0.3, -0.25) is 9.69 Å². The molecule has 0 saturated carbocycles. The molecule has 30 heavy (non-hydrogen) atoms. The minimum atomic E-state index is -0.122. The van der Waals surface area contributed by atoms with Gasteiger partial charge >= 0.3 is 0 Å². The lowest BCUT2D eigenvalue weighted by atomic mass is 10.2. The van der Waals surface area contributed by atoms with Crippen LogP contribution in [0.15, 0.2) is 86.6 Å². The molecule has 0 unspecified atom stereocenters. The molecule has 7 heteroatoms. The zero-order chi connectivity index (χ0) is 21.1. The van der Waals surface area contributed by atoms with Gasteiger partial charge in [0, 0.05) is 4.47 Å². The van der Waals surface area contributed by atoms with Crippen molar-refractivity contribution in [2.24, 2.45) is 0 Å². The fourth-order valence-corrected chi connectivity index (χ4v) is 5.11. The van der Waals surface area contributed by atoms with E-state index in [-0.39, 0.29) is 5.91 Å². The number of carbonyl (C=O) groups is 1. The lowest BCUT2D eigenvalue weighted by molar-refractivity contribution is -0.113. The van der Waals surface area contributed by atoms with Crippen molar-refractivity contribution >= 4 is 77.8 Å². The van der Waals surface area contributed by atoms with Gasteiger partial charge in [-0.1, -0.05) is 82.4 Å². The molecule has 3 nitrogen and oxygen atoms in total. The number of benzene rings is 3. The predicted octanol–water partition coefficient (Wildman–Crippen LogP) is 7.20. The molecule has 4 rings (SSSR count). The number of ether oxygens (including phenoxy) is 1. The third kappa shape index (κ3) is 4.86. The number of thioether (sulfide) groups is 1. The third-order valence-electron chi connectivity index (χ3n) is 4.35. The van der Waals surface area contributed by atoms with Gasteiger partial charge in [0.2, 0.25) is 0 Å². The summed E-state index contributed by atoms with van der Waals surface area (Å²) in [5, 5.41) is 0. The molecule has 1 aliphatic heterocycles. The summed E-state index contributed by atoms with van der Waals surface area (Å²) in [5.74, 6) is 0.626. The van der Waals surface area contributed by atoms with Crippen molar-refractivity contribution in [2.75, 3.05) is 4.90 Å². The van der Waals surface area contributed by atoms with Gasteiger partial charge in [-0.25, -0.2) is 0 Å². The van der Waals surface area contributed by atoms with Gasteiger partial charge in [-0.2, -0.15) is 0 Å². The van der Waals surface area contributed by atoms with Crippen molar-refractivity contribution < 1.29 is 9.53 Å². The summed E-state index contributed by atoms with van der Waals surface area (Å²) in [6.07, 6.45) is 1.85. The van der Waals surface area contributed by atoms with Crippen LogP contribution in [0.4, 0.5) is 5.69 Å². The second-order valence-electron chi connectivity index (χ2n) is 6.46. The molecule has 0 N–H and O–H groups in total. The van der Waals surface area contributed by atoms with Crippen LogP contribution >= 0.6 is 55.8 Å². The van der Waals surface area contributed by atoms with Gasteiger partial charge in [-0.05, 0) is 63.5 Å². The molecule has 1 aliphatic rings. The second-order valence-corrected chi connectivity index (χ2v) is 9.91. The van der Waals surface area contributed by atoms with Crippen molar-refractivity contribution in [1.29, 1.82) is 0 Å². The molecular formula is C23H15Br2NO2S2. The van der Waals surface area contributed by atoms with E-state index in [1.165, 1.54) is 11.8 Å². The van der Waals surface area contributed by atoms with E-state index in [0.717, 1.165) is 31.5 Å². The highest BCUT2D eigenvalue weighted by molar-refractivity contribution is 9.10. The summed E-state index contributed by atoms with van der Waals surface area (Å²) in [5.41, 5.74) is 2.74. The van der Waals surface area contributed by atoms with Crippen LogP contribution < -0.4 is 9.64 Å². The molecule has 0 aromatic heterocycles. The van der Waals surface area contributed by atoms with Crippen molar-refractivity contribution in [1.82, 2.24) is 0 Å². The number of hydrogen-bond acceptors (Lipinski definition) is 4. The van der Waals surface area contributed by atoms with E-state index >= 15 is 0 Å². The van der Waals surface area contributed by atoms with Gasteiger partial charge in [0.1, 0.15) is 12.4 Å². The highest BCUT2D eigenvalue weighted by Gasteiger charge is 2.33. The topological polar surface area (TPSA) is 29.5 Å². The van der Waals surface area contributed by atoms with E-state index in [4.69, 9.17) is 17.0 Å². The third-order valence-corrected chi connectivity index (χ3v) is 6.77. The Hall–Kier alpha value is -1.93. The molecule has 0 radical (unpaired) electrons. The van der Waals surface area contributed by atoms with Gasteiger partial charge in [0.05, 0.1) is 15.1 Å². The zero-order valence-electron chi connectivity index (χ0n) is 15.5. The molecule has 1 fully saturated rings. The molecule has 0 bridgehead atoms. The van der Waals surface area contributed by atoms with E-state index < -0.39 is 0 Å². The quantitative estimate of drug-likeness (QED) is 0.244. The Kier molecular flexibility index (Phi) is 6.73. The number of amides is 1. The Morgan fingerprint density at radius 2 is 1.80 bits per heavy atom. The number of anilines is 1. The molecule has 3 aromatic carbocycles. The predicted molar refractivity (Wildman–Crippen MR) is 135 cm³/mol. The van der Waals surface area contributed by atoms with Crippen LogP contribution in [-0.4, -0.2) is 10.2 Å². The van der Waals surface area contributed by atoms with Crippen molar-refractivity contribution in [3.05, 3.63) is 97.8 Å². The summed E-state index contributed by atoms with van der Waals surface area (Å²) in [6.45, 7) is 0.490. The number of nitrogens with zero attached hydrogens (tertiary/aromatic N) is 1. The first-order valence-corrected chi connectivity index (χ1v) is 11.8. The van der Waals surface area contributed by atoms with Crippen molar-refractivity contribution in [2.45, 2.75) is 6.61 Å². The first-order chi connectivity index (χ1) is 14.5. The van der Waals surface area contributed by atoms with Crippen LogP contribution in [0.5, 0.6) is 5.75 Å². The van der Waals surface area contributed by atoms with E-state index in [0.29, 0.717) is 15.8 Å². The first-order valence-electron chi connectivity index (χ1n) is 9.01. The number of carbonyl (C=O) groups excluding carboxylic acids is 1. The summed E-state index contributed by atoms with van der Waals surface area (Å²) in [4.78, 5) is 15.1. The summed E-state index contributed by atoms with van der Waals surface area (Å²) in [7, 11) is 0. The Balaban J connectivity index is 1.51. The monoisotopic (exact) mass is 559 g/mol. The minimum Gasteiger partial charge on any atom is -0.488 e. The maximum Gasteiger partial charge on any atom is 0.270 e. The number of halogens is 2. The van der Waals surface area contributed by atoms with E-state index in [1.54, 1.807) is 4.90 Å². The molecule has 3 aromatic rings. The van der Waals surface area contributed by atoms with Gasteiger partial charge in [-0.15, -0.1) is 0 Å². The van der Waals surface area contributed by atoms with Crippen LogP contribution in [0.25, 0.3) is 6.08 Å². The van der Waals surface area contributed by atoms with Gasteiger partial charge < -0.3 is 4.74 Å². The summed E-state index contributed by atoms with van der Waals surface area (Å²) >= 11 is 13.8. The smallest absolute Gasteiger partial charge is 0.270 e. The lowest BCUT2D eigenvalue weighted by Crippen LogP contribution is -2.27. The normalized spacial score (nSPS) is 15.1. The van der Waals surface area contributed by atoms with Crippen LogP contribution in [0, 0.1) is 0 Å². The Morgan fingerprint density at radius 1 is 1.00 bits per heavy atom. The standard InChI is InChI=1S/C23H15Br2NO2S2/c24-17-7-4-8-18(13-17)26-22(27)21(30-23(26)29)12-16-9-10-20(19(25)11-16)28-14-15-5-2-1-3-6-15/h1-13H,14H2/b21-12+. The summed E-state index contributed by atoms with van der Waals surface area (Å²) < 4.78 is 8.14. The fraction of sp³-hybridized carbons (Fsp3) is 0.0435. The van der Waals surface area contributed by atoms with Gasteiger partial charge in [0.15, 0.2) is 4.32 Å². The van der Waals surface area contributed by atoms with E-state index in [2.05, 4.69) is 31.9 Å². The van der Waals surface area contributed by atoms with E-state index in [1.807, 2.05) is 78.9 Å². The largest absolute Gasteiger partial charge is 0.488 e. The van der Waals surface area contributed by atoms with Crippen LogP contribution in [-0.2, 0) is 11.4 Å². The Labute approximate surface area is 201 Å². The molecule has 0 atom stereocenters. The van der Waals surface area contributed by atoms with Crippen LogP contribution in [0.3, 0.4) is 0 Å². The number of thiocarbonyl (C=S) groups is 1. The van der Waals surface area contributed by atoms with Crippen LogP contribution in [0.2, 0.25) is 0 Å². The van der Waals surface area contributed by atoms with Crippen molar-refractivity contribution in [3.63, 3.8) is 0 Å². The molecule has 1 amide bonds. The maximum absolute atomic E-state index is 12.9. The van der Waals surface area contributed by atoms with E-state index in [9.17, 15) is 4.79 Å². The van der Waals surface area contributed by atoms with Crippen molar-refractivity contribution in [3.8, 4) is 5.75 Å². The average molecular weight is 561 g/mol. The molecule has 0 spiro atoms. The molecule has 150 valence electrons. The number of hydrogen-bond donors (Lipinski definition) is 0. The lowest BCUT2D eigenvalue weighted by Gasteiger charge is -2.14. The van der Waals surface area contributed by atoms with Gasteiger partial charge in [0.25, 0.3) is 5.91 Å². The fourth-order valence-electron chi connectivity index (χ4n) is 2.92. The maximum atomic E-state index is 12.9. The molecular weight excluding hydrogens is 546 g/mol. The SMILES string of the molecule is O=C1/C(=C\c2ccc(OCc3ccccc3)c(Br)c2)SC(=S)N1c1cccc(Br)c1. The summed E-state index contributed by atoms with van der Waals surface area (Å²) in [6, 6.07) is 23.3. The molecule has 1 heterocycles. The Morgan fingerprint density at radius 3 is 2.53 bits per heavy atom. The highest BCUT2D eigenvalue weighted by atomic mass is 79.9. The number of rotatable bonds is 5. The minimum absolute atomic E-state index is 0.122. The first kappa shape index (κ1) is 21.3. The zero-order valence-corrected chi connectivity index (χ0v) is 20.4. The second kappa shape index (κ2) is 9.47. The highest BCUT2D eigenvalue weighted by Crippen LogP contribution is 2.37. The molecule has 0 aliphatic carbocycles.